The van der Waals surface area contributed by atoms with Gasteiger partial charge in [0.05, 0.1) is 6.54 Å². The van der Waals surface area contributed by atoms with E-state index in [0.717, 1.165) is 18.1 Å². The van der Waals surface area contributed by atoms with E-state index in [9.17, 15) is 0 Å². The average Bonchev–Trinajstić information content (AvgIpc) is 2.86. The molecule has 0 fully saturated rings. The molecule has 0 radical (unpaired) electrons. The van der Waals surface area contributed by atoms with Crippen LogP contribution in [0.2, 0.25) is 0 Å². The van der Waals surface area contributed by atoms with Crippen molar-refractivity contribution in [1.82, 2.24) is 9.88 Å². The highest BCUT2D eigenvalue weighted by molar-refractivity contribution is 5.14. The maximum atomic E-state index is 5.70. The Morgan fingerprint density at radius 2 is 1.89 bits per heavy atom. The molecule has 0 aliphatic heterocycles. The normalized spacial score (nSPS) is 12.8. The highest BCUT2D eigenvalue weighted by Gasteiger charge is 2.13. The topological polar surface area (TPSA) is 38.5 Å². The van der Waals surface area contributed by atoms with E-state index in [1.54, 1.807) is 7.11 Å². The first kappa shape index (κ1) is 13.8. The zero-order valence-electron chi connectivity index (χ0n) is 11.7. The summed E-state index contributed by atoms with van der Waals surface area (Å²) in [6, 6.07) is 8.37. The van der Waals surface area contributed by atoms with Crippen LogP contribution in [0.1, 0.15) is 30.0 Å². The second kappa shape index (κ2) is 6.50. The van der Waals surface area contributed by atoms with Gasteiger partial charge in [0.15, 0.2) is 0 Å². The third-order valence-electron chi connectivity index (χ3n) is 3.26. The molecule has 4 nitrogen and oxygen atoms in total. The lowest BCUT2D eigenvalue weighted by Gasteiger charge is -2.23. The maximum Gasteiger partial charge on any atom is 0.129 e. The van der Waals surface area contributed by atoms with Gasteiger partial charge in [-0.05, 0) is 43.8 Å². The van der Waals surface area contributed by atoms with Crippen LogP contribution < -0.4 is 0 Å². The van der Waals surface area contributed by atoms with Gasteiger partial charge in [-0.2, -0.15) is 0 Å². The summed E-state index contributed by atoms with van der Waals surface area (Å²) in [5, 5.41) is 0. The van der Waals surface area contributed by atoms with Crippen molar-refractivity contribution in [2.75, 3.05) is 14.2 Å². The van der Waals surface area contributed by atoms with Crippen LogP contribution >= 0.6 is 0 Å². The Kier molecular flexibility index (Phi) is 4.71. The maximum absolute atomic E-state index is 5.70. The minimum atomic E-state index is 0.318. The molecular formula is C15H20N2O2. The molecule has 0 bridgehead atoms. The highest BCUT2D eigenvalue weighted by atomic mass is 16.5. The van der Waals surface area contributed by atoms with E-state index < -0.39 is 0 Å². The van der Waals surface area contributed by atoms with Gasteiger partial charge in [0.2, 0.25) is 0 Å². The molecule has 0 aliphatic rings. The van der Waals surface area contributed by atoms with Crippen molar-refractivity contribution in [3.63, 3.8) is 0 Å². The predicted octanol–water partition coefficient (Wildman–Crippen LogP) is 3.01. The standard InChI is InChI=1S/C15H20N2O2/c1-12(13-6-8-16-9-7-13)17(2)10-14-4-5-15(19-14)11-18-3/h4-9,12H,10-11H2,1-3H3. The van der Waals surface area contributed by atoms with E-state index >= 15 is 0 Å². The van der Waals surface area contributed by atoms with E-state index in [-0.39, 0.29) is 0 Å². The predicted molar refractivity (Wildman–Crippen MR) is 73.5 cm³/mol. The first-order valence-electron chi connectivity index (χ1n) is 6.37. The van der Waals surface area contributed by atoms with Crippen molar-refractivity contribution >= 4 is 0 Å². The van der Waals surface area contributed by atoms with Gasteiger partial charge in [-0.25, -0.2) is 0 Å². The van der Waals surface area contributed by atoms with Gasteiger partial charge >= 0.3 is 0 Å². The lowest BCUT2D eigenvalue weighted by atomic mass is 10.1. The van der Waals surface area contributed by atoms with Gasteiger partial charge in [-0.1, -0.05) is 0 Å². The molecule has 0 saturated carbocycles. The van der Waals surface area contributed by atoms with Crippen LogP contribution in [0.25, 0.3) is 0 Å². The highest BCUT2D eigenvalue weighted by Crippen LogP contribution is 2.20. The summed E-state index contributed by atoms with van der Waals surface area (Å²) in [6.07, 6.45) is 3.65. The lowest BCUT2D eigenvalue weighted by molar-refractivity contribution is 0.158. The van der Waals surface area contributed by atoms with Crippen LogP contribution in [0.5, 0.6) is 0 Å². The van der Waals surface area contributed by atoms with Crippen LogP contribution in [-0.2, 0) is 17.9 Å². The zero-order chi connectivity index (χ0) is 13.7. The summed E-state index contributed by atoms with van der Waals surface area (Å²) < 4.78 is 10.8. The number of rotatable bonds is 6. The molecule has 0 saturated heterocycles. The molecule has 102 valence electrons. The van der Waals surface area contributed by atoms with Crippen molar-refractivity contribution in [3.05, 3.63) is 53.7 Å². The quantitative estimate of drug-likeness (QED) is 0.800. The number of furan rings is 1. The molecule has 0 N–H and O–H groups in total. The number of nitrogens with zero attached hydrogens (tertiary/aromatic N) is 2. The van der Waals surface area contributed by atoms with Crippen molar-refractivity contribution < 1.29 is 9.15 Å². The van der Waals surface area contributed by atoms with E-state index in [4.69, 9.17) is 9.15 Å². The number of ether oxygens (including phenoxy) is 1. The number of hydrogen-bond acceptors (Lipinski definition) is 4. The van der Waals surface area contributed by atoms with Crippen molar-refractivity contribution in [2.24, 2.45) is 0 Å². The summed E-state index contributed by atoms with van der Waals surface area (Å²) >= 11 is 0. The van der Waals surface area contributed by atoms with Gasteiger partial charge in [0.1, 0.15) is 18.1 Å². The molecule has 2 aromatic rings. The number of hydrogen-bond donors (Lipinski definition) is 0. The first-order valence-corrected chi connectivity index (χ1v) is 6.37. The Morgan fingerprint density at radius 3 is 2.58 bits per heavy atom. The van der Waals surface area contributed by atoms with Crippen LogP contribution in [0.4, 0.5) is 0 Å². The number of methoxy groups -OCH3 is 1. The van der Waals surface area contributed by atoms with Crippen LogP contribution in [0, 0.1) is 0 Å². The second-order valence-corrected chi connectivity index (χ2v) is 4.67. The van der Waals surface area contributed by atoms with E-state index in [1.165, 1.54) is 5.56 Å². The second-order valence-electron chi connectivity index (χ2n) is 4.67. The van der Waals surface area contributed by atoms with Crippen LogP contribution in [0.3, 0.4) is 0 Å². The van der Waals surface area contributed by atoms with E-state index in [2.05, 4.69) is 23.9 Å². The van der Waals surface area contributed by atoms with Gasteiger partial charge in [0, 0.05) is 25.5 Å². The van der Waals surface area contributed by atoms with Crippen molar-refractivity contribution in [3.8, 4) is 0 Å². The minimum absolute atomic E-state index is 0.318. The molecular weight excluding hydrogens is 240 g/mol. The number of aromatic nitrogens is 1. The summed E-state index contributed by atoms with van der Waals surface area (Å²) in [6.45, 7) is 3.46. The summed E-state index contributed by atoms with van der Waals surface area (Å²) in [4.78, 5) is 6.28. The molecule has 19 heavy (non-hydrogen) atoms. The third-order valence-corrected chi connectivity index (χ3v) is 3.26. The SMILES string of the molecule is COCc1ccc(CN(C)C(C)c2ccncc2)o1. The molecule has 1 atom stereocenters. The molecule has 1 unspecified atom stereocenters. The average molecular weight is 260 g/mol. The third kappa shape index (κ3) is 3.66. The Morgan fingerprint density at radius 1 is 1.21 bits per heavy atom. The Hall–Kier alpha value is -1.65. The van der Waals surface area contributed by atoms with Crippen molar-refractivity contribution in [2.45, 2.75) is 26.1 Å². The monoisotopic (exact) mass is 260 g/mol. The van der Waals surface area contributed by atoms with E-state index in [1.807, 2.05) is 36.7 Å². The van der Waals surface area contributed by atoms with E-state index in [0.29, 0.717) is 12.6 Å². The molecule has 0 spiro atoms. The lowest BCUT2D eigenvalue weighted by Crippen LogP contribution is -2.21. The minimum Gasteiger partial charge on any atom is -0.462 e. The zero-order valence-corrected chi connectivity index (χ0v) is 11.7. The van der Waals surface area contributed by atoms with Gasteiger partial charge in [-0.15, -0.1) is 0 Å². The summed E-state index contributed by atoms with van der Waals surface area (Å²) in [5.41, 5.74) is 1.25. The molecule has 2 aromatic heterocycles. The molecule has 0 aliphatic carbocycles. The molecule has 2 heterocycles. The summed E-state index contributed by atoms with van der Waals surface area (Å²) in [7, 11) is 3.75. The van der Waals surface area contributed by atoms with Gasteiger partial charge in [0.25, 0.3) is 0 Å². The smallest absolute Gasteiger partial charge is 0.129 e. The molecule has 0 aromatic carbocycles. The van der Waals surface area contributed by atoms with Gasteiger partial charge < -0.3 is 9.15 Å². The van der Waals surface area contributed by atoms with Gasteiger partial charge in [-0.3, -0.25) is 9.88 Å². The Labute approximate surface area is 114 Å². The number of pyridine rings is 1. The molecule has 0 amide bonds. The Bertz CT molecular complexity index is 496. The largest absolute Gasteiger partial charge is 0.462 e. The summed E-state index contributed by atoms with van der Waals surface area (Å²) in [5.74, 6) is 1.82. The first-order chi connectivity index (χ1) is 9.20. The fraction of sp³-hybridized carbons (Fsp3) is 0.400. The molecule has 2 rings (SSSR count). The van der Waals surface area contributed by atoms with Crippen LogP contribution in [0.15, 0.2) is 41.1 Å². The Balaban J connectivity index is 1.98. The van der Waals surface area contributed by atoms with Crippen molar-refractivity contribution in [1.29, 1.82) is 0 Å². The molecule has 4 heteroatoms. The van der Waals surface area contributed by atoms with Crippen LogP contribution in [-0.4, -0.2) is 24.0 Å². The fourth-order valence-electron chi connectivity index (χ4n) is 2.01. The fourth-order valence-corrected chi connectivity index (χ4v) is 2.01.